The fourth-order valence-electron chi connectivity index (χ4n) is 2.86. The van der Waals surface area contributed by atoms with Gasteiger partial charge in [-0.15, -0.1) is 0 Å². The Labute approximate surface area is 98.4 Å². The molecule has 1 aliphatic heterocycles. The zero-order valence-corrected chi connectivity index (χ0v) is 10.5. The molecule has 0 aromatic rings. The van der Waals surface area contributed by atoms with Crippen LogP contribution in [0, 0.1) is 0 Å². The second-order valence-electron chi connectivity index (χ2n) is 4.83. The highest BCUT2D eigenvalue weighted by atomic mass is 32.1. The van der Waals surface area contributed by atoms with E-state index < -0.39 is 0 Å². The van der Waals surface area contributed by atoms with Gasteiger partial charge in [0.15, 0.2) is 5.11 Å². The standard InChI is InChI=1S/C12H22N2S/c1-2-11-8-5-9-14(11)12(15)13-10-6-3-4-7-10/h10-11H,2-9H2,1H3,(H,13,15). The topological polar surface area (TPSA) is 15.3 Å². The van der Waals surface area contributed by atoms with E-state index in [1.165, 1.54) is 44.9 Å². The molecule has 1 N–H and O–H groups in total. The Hall–Kier alpha value is -0.310. The van der Waals surface area contributed by atoms with Gasteiger partial charge >= 0.3 is 0 Å². The molecule has 2 rings (SSSR count). The summed E-state index contributed by atoms with van der Waals surface area (Å²) in [5, 5.41) is 4.56. The van der Waals surface area contributed by atoms with Crippen LogP contribution in [0.15, 0.2) is 0 Å². The summed E-state index contributed by atoms with van der Waals surface area (Å²) in [6.07, 6.45) is 9.23. The van der Waals surface area contributed by atoms with Gasteiger partial charge in [-0.2, -0.15) is 0 Å². The van der Waals surface area contributed by atoms with Crippen LogP contribution in [-0.4, -0.2) is 28.6 Å². The van der Waals surface area contributed by atoms with Gasteiger partial charge in [0.2, 0.25) is 0 Å². The van der Waals surface area contributed by atoms with E-state index in [0.717, 1.165) is 11.7 Å². The van der Waals surface area contributed by atoms with Crippen LogP contribution in [0.4, 0.5) is 0 Å². The summed E-state index contributed by atoms with van der Waals surface area (Å²) in [7, 11) is 0. The molecular weight excluding hydrogens is 204 g/mol. The minimum absolute atomic E-state index is 0.663. The smallest absolute Gasteiger partial charge is 0.169 e. The number of nitrogens with one attached hydrogen (secondary N) is 1. The van der Waals surface area contributed by atoms with Gasteiger partial charge < -0.3 is 10.2 Å². The van der Waals surface area contributed by atoms with Crippen molar-refractivity contribution in [3.05, 3.63) is 0 Å². The molecule has 1 aliphatic carbocycles. The van der Waals surface area contributed by atoms with Gasteiger partial charge in [0.25, 0.3) is 0 Å². The number of rotatable bonds is 2. The molecule has 0 spiro atoms. The summed E-state index contributed by atoms with van der Waals surface area (Å²) in [5.41, 5.74) is 0. The normalized spacial score (nSPS) is 27.3. The monoisotopic (exact) mass is 226 g/mol. The van der Waals surface area contributed by atoms with Crippen molar-refractivity contribution < 1.29 is 0 Å². The third kappa shape index (κ3) is 2.63. The Bertz CT molecular complexity index is 224. The molecule has 86 valence electrons. The quantitative estimate of drug-likeness (QED) is 0.729. The average Bonchev–Trinajstić information content (AvgIpc) is 2.86. The minimum atomic E-state index is 0.663. The second kappa shape index (κ2) is 5.15. The zero-order chi connectivity index (χ0) is 10.7. The predicted molar refractivity (Wildman–Crippen MR) is 68.0 cm³/mol. The molecule has 0 amide bonds. The highest BCUT2D eigenvalue weighted by Gasteiger charge is 2.26. The van der Waals surface area contributed by atoms with Crippen molar-refractivity contribution >= 4 is 17.3 Å². The van der Waals surface area contributed by atoms with Crippen LogP contribution in [0.1, 0.15) is 51.9 Å². The summed E-state index contributed by atoms with van der Waals surface area (Å²) in [6, 6.07) is 1.36. The molecule has 3 heteroatoms. The summed E-state index contributed by atoms with van der Waals surface area (Å²) in [4.78, 5) is 2.41. The lowest BCUT2D eigenvalue weighted by Gasteiger charge is -2.28. The number of nitrogens with zero attached hydrogens (tertiary/aromatic N) is 1. The van der Waals surface area contributed by atoms with E-state index in [2.05, 4.69) is 17.1 Å². The van der Waals surface area contributed by atoms with Crippen molar-refractivity contribution in [1.29, 1.82) is 0 Å². The van der Waals surface area contributed by atoms with E-state index in [-0.39, 0.29) is 0 Å². The van der Waals surface area contributed by atoms with Crippen LogP contribution < -0.4 is 5.32 Å². The Morgan fingerprint density at radius 1 is 1.27 bits per heavy atom. The molecule has 1 saturated heterocycles. The van der Waals surface area contributed by atoms with E-state index in [4.69, 9.17) is 12.2 Å². The highest BCUT2D eigenvalue weighted by molar-refractivity contribution is 7.80. The van der Waals surface area contributed by atoms with Gasteiger partial charge in [0.05, 0.1) is 0 Å². The summed E-state index contributed by atoms with van der Waals surface area (Å²) >= 11 is 5.51. The first-order valence-corrected chi connectivity index (χ1v) is 6.79. The van der Waals surface area contributed by atoms with Crippen LogP contribution >= 0.6 is 12.2 Å². The van der Waals surface area contributed by atoms with Crippen molar-refractivity contribution in [1.82, 2.24) is 10.2 Å². The maximum Gasteiger partial charge on any atom is 0.169 e. The Morgan fingerprint density at radius 3 is 2.67 bits per heavy atom. The van der Waals surface area contributed by atoms with Crippen LogP contribution in [0.3, 0.4) is 0 Å². The van der Waals surface area contributed by atoms with Gasteiger partial charge in [0, 0.05) is 18.6 Å². The molecule has 2 nitrogen and oxygen atoms in total. The van der Waals surface area contributed by atoms with E-state index in [9.17, 15) is 0 Å². The van der Waals surface area contributed by atoms with Crippen LogP contribution in [0.25, 0.3) is 0 Å². The van der Waals surface area contributed by atoms with Gasteiger partial charge in [-0.1, -0.05) is 19.8 Å². The van der Waals surface area contributed by atoms with Crippen molar-refractivity contribution in [3.63, 3.8) is 0 Å². The number of thiocarbonyl (C=S) groups is 1. The minimum Gasteiger partial charge on any atom is -0.360 e. The Kier molecular flexibility index (Phi) is 3.84. The van der Waals surface area contributed by atoms with E-state index in [1.807, 2.05) is 0 Å². The van der Waals surface area contributed by atoms with Crippen molar-refractivity contribution in [3.8, 4) is 0 Å². The van der Waals surface area contributed by atoms with Gasteiger partial charge in [-0.05, 0) is 44.3 Å². The average molecular weight is 226 g/mol. The second-order valence-corrected chi connectivity index (χ2v) is 5.22. The SMILES string of the molecule is CCC1CCCN1C(=S)NC1CCCC1. The fourth-order valence-corrected chi connectivity index (χ4v) is 3.26. The van der Waals surface area contributed by atoms with Crippen molar-refractivity contribution in [2.24, 2.45) is 0 Å². The van der Waals surface area contributed by atoms with Crippen molar-refractivity contribution in [2.45, 2.75) is 64.0 Å². The molecule has 1 heterocycles. The van der Waals surface area contributed by atoms with E-state index in [1.54, 1.807) is 0 Å². The zero-order valence-electron chi connectivity index (χ0n) is 9.67. The highest BCUT2D eigenvalue weighted by Crippen LogP contribution is 2.22. The lowest BCUT2D eigenvalue weighted by molar-refractivity contribution is 0.368. The molecule has 0 bridgehead atoms. The molecular formula is C12H22N2S. The maximum atomic E-state index is 5.51. The van der Waals surface area contributed by atoms with E-state index in [0.29, 0.717) is 12.1 Å². The molecule has 2 aliphatic rings. The molecule has 1 unspecified atom stereocenters. The number of hydrogen-bond donors (Lipinski definition) is 1. The molecule has 0 radical (unpaired) electrons. The molecule has 2 fully saturated rings. The molecule has 0 aromatic carbocycles. The predicted octanol–water partition coefficient (Wildman–Crippen LogP) is 2.68. The lowest BCUT2D eigenvalue weighted by atomic mass is 10.2. The number of hydrogen-bond acceptors (Lipinski definition) is 1. The first kappa shape index (κ1) is 11.2. The van der Waals surface area contributed by atoms with Crippen LogP contribution in [0.2, 0.25) is 0 Å². The Balaban J connectivity index is 1.83. The lowest BCUT2D eigenvalue weighted by Crippen LogP contribution is -2.45. The molecule has 1 atom stereocenters. The summed E-state index contributed by atoms with van der Waals surface area (Å²) < 4.78 is 0. The van der Waals surface area contributed by atoms with Gasteiger partial charge in [-0.25, -0.2) is 0 Å². The molecule has 15 heavy (non-hydrogen) atoms. The van der Waals surface area contributed by atoms with E-state index >= 15 is 0 Å². The first-order valence-electron chi connectivity index (χ1n) is 6.38. The maximum absolute atomic E-state index is 5.51. The fraction of sp³-hybridized carbons (Fsp3) is 0.917. The Morgan fingerprint density at radius 2 is 2.00 bits per heavy atom. The third-order valence-corrected chi connectivity index (χ3v) is 4.14. The number of likely N-dealkylation sites (tertiary alicyclic amines) is 1. The van der Waals surface area contributed by atoms with Gasteiger partial charge in [-0.3, -0.25) is 0 Å². The van der Waals surface area contributed by atoms with Crippen LogP contribution in [-0.2, 0) is 0 Å². The molecule has 1 saturated carbocycles. The van der Waals surface area contributed by atoms with Crippen molar-refractivity contribution in [2.75, 3.05) is 6.54 Å². The van der Waals surface area contributed by atoms with Gasteiger partial charge in [0.1, 0.15) is 0 Å². The third-order valence-electron chi connectivity index (χ3n) is 3.79. The largest absolute Gasteiger partial charge is 0.360 e. The summed E-state index contributed by atoms with van der Waals surface area (Å²) in [6.45, 7) is 3.43. The van der Waals surface area contributed by atoms with Crippen LogP contribution in [0.5, 0.6) is 0 Å². The summed E-state index contributed by atoms with van der Waals surface area (Å²) in [5.74, 6) is 0. The first-order chi connectivity index (χ1) is 7.31. The molecule has 0 aromatic heterocycles.